The molecule has 2 aromatic carbocycles. The van der Waals surface area contributed by atoms with Crippen LogP contribution in [0, 0.1) is 10.1 Å². The topological polar surface area (TPSA) is 43.1 Å². The number of rotatable bonds is 3. The van der Waals surface area contributed by atoms with Crippen LogP contribution in [0.5, 0.6) is 0 Å². The Balaban J connectivity index is 2.26. The van der Waals surface area contributed by atoms with Gasteiger partial charge in [-0.05, 0) is 34.7 Å². The number of hydrogen-bond acceptors (Lipinski definition) is 3. The molecular weight excluding hydrogens is 210 g/mol. The maximum Gasteiger partial charge on any atom is 0.253 e. The number of fused-ring (bicyclic) bond motifs is 1. The molecule has 0 aromatic heterocycles. The van der Waals surface area contributed by atoms with Crippen molar-refractivity contribution in [2.45, 2.75) is 4.90 Å². The van der Waals surface area contributed by atoms with Crippen LogP contribution in [0.3, 0.4) is 0 Å². The van der Waals surface area contributed by atoms with Gasteiger partial charge in [-0.2, -0.15) is 0 Å². The van der Waals surface area contributed by atoms with Gasteiger partial charge in [0.2, 0.25) is 0 Å². The lowest BCUT2D eigenvalue weighted by molar-refractivity contribution is -0.456. The van der Waals surface area contributed by atoms with Crippen molar-refractivity contribution in [1.29, 1.82) is 0 Å². The van der Waals surface area contributed by atoms with E-state index in [0.717, 1.165) is 15.7 Å². The molecule has 0 spiro atoms. The highest BCUT2D eigenvalue weighted by molar-refractivity contribution is 7.99. The third-order valence-electron chi connectivity index (χ3n) is 2.06. The second-order valence-electron chi connectivity index (χ2n) is 3.12. The van der Waals surface area contributed by atoms with E-state index in [1.165, 1.54) is 11.8 Å². The van der Waals surface area contributed by atoms with Crippen LogP contribution in [0.4, 0.5) is 0 Å². The molecule has 2 aromatic rings. The summed E-state index contributed by atoms with van der Waals surface area (Å²) in [5, 5.41) is 12.5. The Labute approximate surface area is 91.3 Å². The van der Waals surface area contributed by atoms with Gasteiger partial charge >= 0.3 is 0 Å². The summed E-state index contributed by atoms with van der Waals surface area (Å²) in [7, 11) is 0. The molecule has 15 heavy (non-hydrogen) atoms. The molecule has 0 atom stereocenters. The van der Waals surface area contributed by atoms with Crippen molar-refractivity contribution in [3.8, 4) is 0 Å². The Morgan fingerprint density at radius 3 is 2.60 bits per heavy atom. The molecule has 4 heteroatoms. The van der Waals surface area contributed by atoms with Gasteiger partial charge in [-0.25, -0.2) is 0 Å². The van der Waals surface area contributed by atoms with Crippen LogP contribution >= 0.6 is 11.8 Å². The standard InChI is InChI=1S/C11H9NO2S/c13-12(14)8-15-11-6-5-9-3-1-2-4-10(9)7-11/h1-7H,8H2. The minimum atomic E-state index is -0.320. The third-order valence-corrected chi connectivity index (χ3v) is 2.98. The SMILES string of the molecule is O=[N+]([O-])CSc1ccc2ccccc2c1. The molecule has 0 aliphatic rings. The lowest BCUT2D eigenvalue weighted by atomic mass is 10.1. The van der Waals surface area contributed by atoms with E-state index < -0.39 is 0 Å². The Morgan fingerprint density at radius 2 is 1.87 bits per heavy atom. The molecule has 3 nitrogen and oxygen atoms in total. The average Bonchev–Trinajstić information content (AvgIpc) is 2.26. The molecule has 0 amide bonds. The summed E-state index contributed by atoms with van der Waals surface area (Å²) < 4.78 is 0. The van der Waals surface area contributed by atoms with Crippen molar-refractivity contribution >= 4 is 22.5 Å². The number of nitro groups is 1. The molecule has 0 fully saturated rings. The summed E-state index contributed by atoms with van der Waals surface area (Å²) in [6.45, 7) is 0. The van der Waals surface area contributed by atoms with Crippen molar-refractivity contribution in [3.63, 3.8) is 0 Å². The maximum atomic E-state index is 10.2. The normalized spacial score (nSPS) is 10.4. The Hall–Kier alpha value is -1.55. The largest absolute Gasteiger partial charge is 0.264 e. The van der Waals surface area contributed by atoms with Gasteiger partial charge in [-0.3, -0.25) is 10.1 Å². The number of thioether (sulfide) groups is 1. The van der Waals surface area contributed by atoms with Gasteiger partial charge in [0.15, 0.2) is 0 Å². The van der Waals surface area contributed by atoms with Crippen LogP contribution in [-0.4, -0.2) is 10.8 Å². The zero-order valence-corrected chi connectivity index (χ0v) is 8.74. The van der Waals surface area contributed by atoms with E-state index in [9.17, 15) is 10.1 Å². The van der Waals surface area contributed by atoms with Crippen LogP contribution in [0.2, 0.25) is 0 Å². The van der Waals surface area contributed by atoms with Gasteiger partial charge in [-0.15, -0.1) is 0 Å². The molecule has 0 N–H and O–H groups in total. The molecular formula is C11H9NO2S. The van der Waals surface area contributed by atoms with Gasteiger partial charge < -0.3 is 0 Å². The van der Waals surface area contributed by atoms with Crippen LogP contribution in [0.1, 0.15) is 0 Å². The molecule has 2 rings (SSSR count). The van der Waals surface area contributed by atoms with Crippen LogP contribution in [0.15, 0.2) is 47.4 Å². The number of nitrogens with zero attached hydrogens (tertiary/aromatic N) is 1. The predicted molar refractivity (Wildman–Crippen MR) is 61.7 cm³/mol. The highest BCUT2D eigenvalue weighted by atomic mass is 32.2. The molecule has 76 valence electrons. The van der Waals surface area contributed by atoms with E-state index in [0.29, 0.717) is 0 Å². The monoisotopic (exact) mass is 219 g/mol. The van der Waals surface area contributed by atoms with E-state index >= 15 is 0 Å². The first-order valence-electron chi connectivity index (χ1n) is 4.49. The van der Waals surface area contributed by atoms with Crippen molar-refractivity contribution in [3.05, 3.63) is 52.6 Å². The average molecular weight is 219 g/mol. The Kier molecular flexibility index (Phi) is 2.87. The first-order chi connectivity index (χ1) is 7.25. The van der Waals surface area contributed by atoms with E-state index in [1.54, 1.807) is 0 Å². The van der Waals surface area contributed by atoms with E-state index in [1.807, 2.05) is 42.5 Å². The Bertz CT molecular complexity index is 499. The van der Waals surface area contributed by atoms with Gasteiger partial charge in [0, 0.05) is 9.82 Å². The lowest BCUT2D eigenvalue weighted by Crippen LogP contribution is -1.94. The van der Waals surface area contributed by atoms with Crippen molar-refractivity contribution in [1.82, 2.24) is 0 Å². The summed E-state index contributed by atoms with van der Waals surface area (Å²) >= 11 is 1.24. The van der Waals surface area contributed by atoms with Crippen molar-refractivity contribution in [2.75, 3.05) is 5.88 Å². The number of benzene rings is 2. The van der Waals surface area contributed by atoms with Gasteiger partial charge in [0.25, 0.3) is 5.88 Å². The van der Waals surface area contributed by atoms with E-state index in [4.69, 9.17) is 0 Å². The van der Waals surface area contributed by atoms with Crippen molar-refractivity contribution in [2.24, 2.45) is 0 Å². The van der Waals surface area contributed by atoms with Gasteiger partial charge in [-0.1, -0.05) is 30.3 Å². The van der Waals surface area contributed by atoms with Crippen LogP contribution in [-0.2, 0) is 0 Å². The fourth-order valence-electron chi connectivity index (χ4n) is 1.38. The van der Waals surface area contributed by atoms with Crippen LogP contribution in [0.25, 0.3) is 10.8 Å². The van der Waals surface area contributed by atoms with E-state index in [2.05, 4.69) is 0 Å². The maximum absolute atomic E-state index is 10.2. The quantitative estimate of drug-likeness (QED) is 0.344. The Morgan fingerprint density at radius 1 is 1.13 bits per heavy atom. The molecule has 0 aliphatic carbocycles. The minimum Gasteiger partial charge on any atom is -0.264 e. The molecule has 0 radical (unpaired) electrons. The van der Waals surface area contributed by atoms with Crippen molar-refractivity contribution < 1.29 is 4.92 Å². The van der Waals surface area contributed by atoms with Crippen LogP contribution < -0.4 is 0 Å². The molecule has 0 saturated heterocycles. The summed E-state index contributed by atoms with van der Waals surface area (Å²) in [6.07, 6.45) is 0. The third kappa shape index (κ3) is 2.47. The second-order valence-corrected chi connectivity index (χ2v) is 4.13. The zero-order valence-electron chi connectivity index (χ0n) is 7.92. The number of hydrogen-bond donors (Lipinski definition) is 0. The summed E-state index contributed by atoms with van der Waals surface area (Å²) in [5.41, 5.74) is 0. The van der Waals surface area contributed by atoms with Gasteiger partial charge in [0.1, 0.15) is 0 Å². The first-order valence-corrected chi connectivity index (χ1v) is 5.48. The molecule has 0 saturated carbocycles. The smallest absolute Gasteiger partial charge is 0.253 e. The molecule has 0 aliphatic heterocycles. The minimum absolute atomic E-state index is 0.0850. The highest BCUT2D eigenvalue weighted by Crippen LogP contribution is 2.23. The molecule has 0 bridgehead atoms. The summed E-state index contributed by atoms with van der Waals surface area (Å²) in [6, 6.07) is 13.8. The van der Waals surface area contributed by atoms with Gasteiger partial charge in [0.05, 0.1) is 0 Å². The fourth-order valence-corrected chi connectivity index (χ4v) is 2.01. The highest BCUT2D eigenvalue weighted by Gasteiger charge is 2.01. The molecule has 0 unspecified atom stereocenters. The molecule has 0 heterocycles. The zero-order chi connectivity index (χ0) is 10.7. The lowest BCUT2D eigenvalue weighted by Gasteiger charge is -2.00. The predicted octanol–water partition coefficient (Wildman–Crippen LogP) is 3.17. The fraction of sp³-hybridized carbons (Fsp3) is 0.0909. The second kappa shape index (κ2) is 4.31. The summed E-state index contributed by atoms with van der Waals surface area (Å²) in [5.74, 6) is -0.0850. The summed E-state index contributed by atoms with van der Waals surface area (Å²) in [4.78, 5) is 10.8. The van der Waals surface area contributed by atoms with E-state index in [-0.39, 0.29) is 10.8 Å². The first kappa shape index (κ1) is 9.98.